The number of nitrogen functional groups attached to an aromatic ring is 1. The van der Waals surface area contributed by atoms with E-state index < -0.39 is 11.7 Å². The standard InChI is InChI=1S/C13H12FN3O/c14-10-2-1-3-12(8-10)17(16)13(18)9-4-6-11(15)7-5-9/h1-8H,15-16H2. The monoisotopic (exact) mass is 245 g/mol. The van der Waals surface area contributed by atoms with Crippen LogP contribution in [0.2, 0.25) is 0 Å². The van der Waals surface area contributed by atoms with Crippen molar-refractivity contribution >= 4 is 17.3 Å². The Labute approximate surface area is 104 Å². The molecule has 0 aliphatic rings. The van der Waals surface area contributed by atoms with Crippen molar-refractivity contribution in [3.63, 3.8) is 0 Å². The maximum atomic E-state index is 13.0. The summed E-state index contributed by atoms with van der Waals surface area (Å²) in [6.07, 6.45) is 0. The van der Waals surface area contributed by atoms with E-state index in [-0.39, 0.29) is 5.69 Å². The van der Waals surface area contributed by atoms with Gasteiger partial charge in [0.05, 0.1) is 5.69 Å². The number of nitrogens with zero attached hydrogens (tertiary/aromatic N) is 1. The lowest BCUT2D eigenvalue weighted by atomic mass is 10.2. The van der Waals surface area contributed by atoms with Gasteiger partial charge in [-0.3, -0.25) is 4.79 Å². The highest BCUT2D eigenvalue weighted by atomic mass is 19.1. The normalized spacial score (nSPS) is 10.1. The number of carbonyl (C=O) groups excluding carboxylic acids is 1. The minimum atomic E-state index is -0.451. The minimum absolute atomic E-state index is 0.289. The van der Waals surface area contributed by atoms with E-state index in [4.69, 9.17) is 11.6 Å². The summed E-state index contributed by atoms with van der Waals surface area (Å²) in [7, 11) is 0. The molecule has 4 nitrogen and oxygen atoms in total. The predicted molar refractivity (Wildman–Crippen MR) is 68.3 cm³/mol. The molecule has 0 aliphatic carbocycles. The van der Waals surface area contributed by atoms with Crippen LogP contribution in [0.15, 0.2) is 48.5 Å². The number of hydrazine groups is 1. The van der Waals surface area contributed by atoms with Crippen LogP contribution in [0, 0.1) is 5.82 Å². The second-order valence-corrected chi connectivity index (χ2v) is 3.78. The van der Waals surface area contributed by atoms with Crippen LogP contribution in [0.4, 0.5) is 15.8 Å². The number of halogens is 1. The molecule has 92 valence electrons. The highest BCUT2D eigenvalue weighted by molar-refractivity contribution is 6.05. The van der Waals surface area contributed by atoms with E-state index in [2.05, 4.69) is 0 Å². The van der Waals surface area contributed by atoms with E-state index in [0.717, 1.165) is 5.01 Å². The summed E-state index contributed by atoms with van der Waals surface area (Å²) in [4.78, 5) is 12.0. The van der Waals surface area contributed by atoms with Gasteiger partial charge in [-0.2, -0.15) is 0 Å². The van der Waals surface area contributed by atoms with Gasteiger partial charge in [-0.25, -0.2) is 15.2 Å². The predicted octanol–water partition coefficient (Wildman–Crippen LogP) is 1.93. The molecule has 18 heavy (non-hydrogen) atoms. The van der Waals surface area contributed by atoms with Crippen LogP contribution in [-0.4, -0.2) is 5.91 Å². The van der Waals surface area contributed by atoms with Gasteiger partial charge in [0.25, 0.3) is 5.91 Å². The van der Waals surface area contributed by atoms with Crippen LogP contribution >= 0.6 is 0 Å². The molecule has 0 spiro atoms. The van der Waals surface area contributed by atoms with Crippen molar-refractivity contribution in [1.82, 2.24) is 0 Å². The van der Waals surface area contributed by atoms with Gasteiger partial charge < -0.3 is 5.73 Å². The number of carbonyl (C=O) groups is 1. The number of hydrogen-bond donors (Lipinski definition) is 2. The molecule has 0 atom stereocenters. The van der Waals surface area contributed by atoms with Gasteiger partial charge in [-0.05, 0) is 42.5 Å². The molecule has 2 rings (SSSR count). The van der Waals surface area contributed by atoms with E-state index in [1.165, 1.54) is 18.2 Å². The Kier molecular flexibility index (Phi) is 3.25. The van der Waals surface area contributed by atoms with Gasteiger partial charge in [0, 0.05) is 11.3 Å². The van der Waals surface area contributed by atoms with E-state index in [1.807, 2.05) is 0 Å². The van der Waals surface area contributed by atoms with Crippen molar-refractivity contribution in [2.45, 2.75) is 0 Å². The number of rotatable bonds is 2. The zero-order valence-corrected chi connectivity index (χ0v) is 9.51. The average Bonchev–Trinajstić information content (AvgIpc) is 2.38. The Balaban J connectivity index is 2.26. The molecular formula is C13H12FN3O. The van der Waals surface area contributed by atoms with Gasteiger partial charge in [-0.15, -0.1) is 0 Å². The lowest BCUT2D eigenvalue weighted by molar-refractivity contribution is 0.0987. The maximum absolute atomic E-state index is 13.0. The molecule has 2 aromatic rings. The third-order valence-electron chi connectivity index (χ3n) is 2.46. The molecule has 4 N–H and O–H groups in total. The van der Waals surface area contributed by atoms with Crippen molar-refractivity contribution < 1.29 is 9.18 Å². The summed E-state index contributed by atoms with van der Waals surface area (Å²) in [5.74, 6) is 4.78. The Morgan fingerprint density at radius 1 is 1.11 bits per heavy atom. The first-order chi connectivity index (χ1) is 8.58. The lowest BCUT2D eigenvalue weighted by Crippen LogP contribution is -2.37. The summed E-state index contributed by atoms with van der Waals surface area (Å²) in [5, 5.41) is 0.897. The number of benzene rings is 2. The average molecular weight is 245 g/mol. The Morgan fingerprint density at radius 2 is 1.78 bits per heavy atom. The summed E-state index contributed by atoms with van der Waals surface area (Å²) < 4.78 is 13.0. The molecule has 0 heterocycles. The maximum Gasteiger partial charge on any atom is 0.272 e. The van der Waals surface area contributed by atoms with Gasteiger partial charge in [0.1, 0.15) is 5.82 Å². The van der Waals surface area contributed by atoms with Crippen molar-refractivity contribution in [1.29, 1.82) is 0 Å². The topological polar surface area (TPSA) is 72.4 Å². The molecule has 0 aromatic heterocycles. The molecule has 0 saturated carbocycles. The van der Waals surface area contributed by atoms with Crippen molar-refractivity contribution in [3.8, 4) is 0 Å². The first-order valence-electron chi connectivity index (χ1n) is 5.28. The molecule has 5 heteroatoms. The molecule has 0 radical (unpaired) electrons. The Morgan fingerprint density at radius 3 is 2.39 bits per heavy atom. The smallest absolute Gasteiger partial charge is 0.272 e. The van der Waals surface area contributed by atoms with Crippen LogP contribution in [-0.2, 0) is 0 Å². The highest BCUT2D eigenvalue weighted by Gasteiger charge is 2.14. The largest absolute Gasteiger partial charge is 0.399 e. The second kappa shape index (κ2) is 4.85. The number of nitrogens with two attached hydrogens (primary N) is 2. The molecule has 0 aliphatic heterocycles. The van der Waals surface area contributed by atoms with Crippen molar-refractivity contribution in [3.05, 3.63) is 59.9 Å². The van der Waals surface area contributed by atoms with Crippen LogP contribution in [0.1, 0.15) is 10.4 Å². The molecule has 1 amide bonds. The Bertz CT molecular complexity index is 569. The number of anilines is 2. The minimum Gasteiger partial charge on any atom is -0.399 e. The van der Waals surface area contributed by atoms with Crippen LogP contribution in [0.5, 0.6) is 0 Å². The van der Waals surface area contributed by atoms with Crippen LogP contribution < -0.4 is 16.6 Å². The fraction of sp³-hybridized carbons (Fsp3) is 0. The van der Waals surface area contributed by atoms with Crippen LogP contribution in [0.25, 0.3) is 0 Å². The summed E-state index contributed by atoms with van der Waals surface area (Å²) >= 11 is 0. The number of hydrogen-bond acceptors (Lipinski definition) is 3. The van der Waals surface area contributed by atoms with Crippen LogP contribution in [0.3, 0.4) is 0 Å². The quantitative estimate of drug-likeness (QED) is 0.367. The molecule has 0 fully saturated rings. The lowest BCUT2D eigenvalue weighted by Gasteiger charge is -2.16. The third-order valence-corrected chi connectivity index (χ3v) is 2.46. The zero-order valence-electron chi connectivity index (χ0n) is 9.51. The number of amides is 1. The van der Waals surface area contributed by atoms with Gasteiger partial charge in [0.15, 0.2) is 0 Å². The molecule has 0 bridgehead atoms. The Hall–Kier alpha value is -2.40. The van der Waals surface area contributed by atoms with E-state index >= 15 is 0 Å². The fourth-order valence-electron chi connectivity index (χ4n) is 1.51. The summed E-state index contributed by atoms with van der Waals surface area (Å²) in [5.41, 5.74) is 6.76. The van der Waals surface area contributed by atoms with Gasteiger partial charge in [-0.1, -0.05) is 6.07 Å². The molecule has 2 aromatic carbocycles. The molecular weight excluding hydrogens is 233 g/mol. The fourth-order valence-corrected chi connectivity index (χ4v) is 1.51. The zero-order chi connectivity index (χ0) is 13.1. The third kappa shape index (κ3) is 2.46. The van der Waals surface area contributed by atoms with Gasteiger partial charge >= 0.3 is 0 Å². The molecule has 0 unspecified atom stereocenters. The van der Waals surface area contributed by atoms with E-state index in [9.17, 15) is 9.18 Å². The molecule has 0 saturated heterocycles. The van der Waals surface area contributed by atoms with E-state index in [0.29, 0.717) is 11.3 Å². The SMILES string of the molecule is Nc1ccc(C(=O)N(N)c2cccc(F)c2)cc1. The second-order valence-electron chi connectivity index (χ2n) is 3.78. The highest BCUT2D eigenvalue weighted by Crippen LogP contribution is 2.15. The summed E-state index contributed by atoms with van der Waals surface area (Å²) in [6.45, 7) is 0. The van der Waals surface area contributed by atoms with Gasteiger partial charge in [0.2, 0.25) is 0 Å². The van der Waals surface area contributed by atoms with Crippen molar-refractivity contribution in [2.24, 2.45) is 5.84 Å². The first-order valence-corrected chi connectivity index (χ1v) is 5.28. The van der Waals surface area contributed by atoms with E-state index in [1.54, 1.807) is 30.3 Å². The van der Waals surface area contributed by atoms with Crippen molar-refractivity contribution in [2.75, 3.05) is 10.7 Å². The first kappa shape index (κ1) is 12.1. The summed E-state index contributed by atoms with van der Waals surface area (Å²) in [6, 6.07) is 11.9.